The van der Waals surface area contributed by atoms with E-state index in [-0.39, 0.29) is 11.9 Å². The molecule has 1 spiro atoms. The van der Waals surface area contributed by atoms with Crippen LogP contribution in [0.4, 0.5) is 4.79 Å². The van der Waals surface area contributed by atoms with Gasteiger partial charge in [-0.3, -0.25) is 9.69 Å². The highest BCUT2D eigenvalue weighted by molar-refractivity contribution is 6.07. The molecule has 2 fully saturated rings. The van der Waals surface area contributed by atoms with Crippen molar-refractivity contribution in [3.05, 3.63) is 0 Å². The number of hydrogen-bond acceptors (Lipinski definition) is 4. The van der Waals surface area contributed by atoms with Gasteiger partial charge in [0.25, 0.3) is 5.91 Å². The van der Waals surface area contributed by atoms with Crippen LogP contribution in [0.3, 0.4) is 0 Å². The molecule has 0 radical (unpaired) electrons. The molecule has 2 aliphatic rings. The zero-order valence-electron chi connectivity index (χ0n) is 19.4. The third-order valence-electron chi connectivity index (χ3n) is 6.60. The van der Waals surface area contributed by atoms with E-state index in [1.165, 1.54) is 61.3 Å². The van der Waals surface area contributed by atoms with E-state index in [9.17, 15) is 14.8 Å². The fourth-order valence-corrected chi connectivity index (χ4v) is 5.38. The van der Waals surface area contributed by atoms with Crippen molar-refractivity contribution >= 4 is 11.9 Å². The maximum Gasteiger partial charge on any atom is 0.325 e. The summed E-state index contributed by atoms with van der Waals surface area (Å²) >= 11 is 0. The van der Waals surface area contributed by atoms with Crippen LogP contribution in [0.5, 0.6) is 0 Å². The van der Waals surface area contributed by atoms with Gasteiger partial charge >= 0.3 is 6.03 Å². The number of nitrogens with one attached hydrogen (secondary N) is 1. The molecule has 2 saturated heterocycles. The summed E-state index contributed by atoms with van der Waals surface area (Å²) < 4.78 is 0. The Hall–Kier alpha value is -1.14. The number of piperidine rings is 1. The van der Waals surface area contributed by atoms with Crippen LogP contribution in [0.15, 0.2) is 0 Å². The molecule has 2 heterocycles. The van der Waals surface area contributed by atoms with Gasteiger partial charge in [0.1, 0.15) is 5.54 Å². The Kier molecular flexibility index (Phi) is 8.14. The van der Waals surface area contributed by atoms with Crippen LogP contribution in [0.1, 0.15) is 112 Å². The van der Waals surface area contributed by atoms with Gasteiger partial charge < -0.3 is 10.5 Å². The molecule has 0 aromatic heterocycles. The van der Waals surface area contributed by atoms with Gasteiger partial charge in [0.2, 0.25) is 0 Å². The fraction of sp³-hybridized carbons (Fsp3) is 0.913. The van der Waals surface area contributed by atoms with Gasteiger partial charge in [0.15, 0.2) is 0 Å². The molecule has 0 atom stereocenters. The Labute approximate surface area is 177 Å². The lowest BCUT2D eigenvalue weighted by molar-refractivity contribution is -0.253. The Morgan fingerprint density at radius 3 is 1.76 bits per heavy atom. The van der Waals surface area contributed by atoms with Crippen molar-refractivity contribution in [2.24, 2.45) is 0 Å². The number of carbonyl (C=O) groups is 2. The average molecular weight is 410 g/mol. The van der Waals surface area contributed by atoms with Gasteiger partial charge in [-0.2, -0.15) is 5.06 Å². The van der Waals surface area contributed by atoms with Gasteiger partial charge in [0, 0.05) is 17.6 Å². The topological polar surface area (TPSA) is 72.9 Å². The summed E-state index contributed by atoms with van der Waals surface area (Å²) in [6.07, 6.45) is 13.1. The predicted molar refractivity (Wildman–Crippen MR) is 116 cm³/mol. The summed E-state index contributed by atoms with van der Waals surface area (Å²) in [5, 5.41) is 14.9. The van der Waals surface area contributed by atoms with Gasteiger partial charge in [-0.15, -0.1) is 0 Å². The Balaban J connectivity index is 1.78. The number of carbonyl (C=O) groups excluding carboxylic acids is 2. The second-order valence-electron chi connectivity index (χ2n) is 10.4. The molecule has 0 unspecified atom stereocenters. The average Bonchev–Trinajstić information content (AvgIpc) is 2.83. The molecular weight excluding hydrogens is 366 g/mol. The highest BCUT2D eigenvalue weighted by Gasteiger charge is 2.61. The van der Waals surface area contributed by atoms with Crippen LogP contribution >= 0.6 is 0 Å². The molecule has 3 amide bonds. The first-order valence-electron chi connectivity index (χ1n) is 11.7. The summed E-state index contributed by atoms with van der Waals surface area (Å²) in [5.41, 5.74) is -2.07. The monoisotopic (exact) mass is 409 g/mol. The first-order valence-corrected chi connectivity index (χ1v) is 11.7. The van der Waals surface area contributed by atoms with E-state index in [2.05, 4.69) is 12.2 Å². The predicted octanol–water partition coefficient (Wildman–Crippen LogP) is 5.24. The van der Waals surface area contributed by atoms with Crippen molar-refractivity contribution in [3.8, 4) is 0 Å². The zero-order chi connectivity index (χ0) is 21.7. The summed E-state index contributed by atoms with van der Waals surface area (Å²) in [6, 6.07) is -0.274. The van der Waals surface area contributed by atoms with Gasteiger partial charge in [-0.25, -0.2) is 4.79 Å². The molecule has 2 N–H and O–H groups in total. The van der Waals surface area contributed by atoms with Gasteiger partial charge in [0.05, 0.1) is 0 Å². The number of hydroxylamine groups is 2. The Bertz CT molecular complexity index is 556. The quantitative estimate of drug-likeness (QED) is 0.361. The lowest BCUT2D eigenvalue weighted by atomic mass is 9.70. The van der Waals surface area contributed by atoms with Crippen LogP contribution in [-0.2, 0) is 4.79 Å². The summed E-state index contributed by atoms with van der Waals surface area (Å²) in [4.78, 5) is 27.2. The summed E-state index contributed by atoms with van der Waals surface area (Å²) in [7, 11) is 0. The molecule has 168 valence electrons. The standard InChI is InChI=1S/C23H43N3O3/c1-6-7-8-9-10-11-12-13-14-15-16-25-19(27)23(24-20(25)28)17-21(2,3)26(29)22(4,5)18-23/h29H,6-18H2,1-5H3,(H,24,28). The van der Waals surface area contributed by atoms with Crippen molar-refractivity contribution in [1.82, 2.24) is 15.3 Å². The van der Waals surface area contributed by atoms with E-state index in [1.54, 1.807) is 0 Å². The molecule has 0 aromatic carbocycles. The maximum atomic E-state index is 13.2. The largest absolute Gasteiger partial charge is 0.325 e. The summed E-state index contributed by atoms with van der Waals surface area (Å²) in [5.74, 6) is -0.118. The van der Waals surface area contributed by atoms with Crippen LogP contribution < -0.4 is 5.32 Å². The molecule has 2 aliphatic heterocycles. The third-order valence-corrected chi connectivity index (χ3v) is 6.60. The molecule has 0 aliphatic carbocycles. The second-order valence-corrected chi connectivity index (χ2v) is 10.4. The number of amides is 3. The highest BCUT2D eigenvalue weighted by Crippen LogP contribution is 2.44. The fourth-order valence-electron chi connectivity index (χ4n) is 5.38. The highest BCUT2D eigenvalue weighted by atomic mass is 16.5. The SMILES string of the molecule is CCCCCCCCCCCCN1C(=O)NC2(CC(C)(C)N(O)C(C)(C)C2)C1=O. The van der Waals surface area contributed by atoms with Crippen LogP contribution in [0.25, 0.3) is 0 Å². The van der Waals surface area contributed by atoms with Crippen molar-refractivity contribution < 1.29 is 14.8 Å². The normalized spacial score (nSPS) is 23.0. The first kappa shape index (κ1) is 24.1. The van der Waals surface area contributed by atoms with Crippen LogP contribution in [-0.4, -0.2) is 50.3 Å². The molecular formula is C23H43N3O3. The number of hydrogen-bond donors (Lipinski definition) is 2. The zero-order valence-corrected chi connectivity index (χ0v) is 19.4. The molecule has 0 aromatic rings. The van der Waals surface area contributed by atoms with E-state index in [4.69, 9.17) is 0 Å². The van der Waals surface area contributed by atoms with Gasteiger partial charge in [-0.05, 0) is 47.0 Å². The maximum absolute atomic E-state index is 13.2. The van der Waals surface area contributed by atoms with Gasteiger partial charge in [-0.1, -0.05) is 64.7 Å². The number of imide groups is 1. The Morgan fingerprint density at radius 2 is 1.28 bits per heavy atom. The minimum atomic E-state index is -0.901. The smallest absolute Gasteiger partial charge is 0.323 e. The lowest BCUT2D eigenvalue weighted by Crippen LogP contribution is -2.68. The molecule has 0 saturated carbocycles. The molecule has 2 rings (SSSR count). The Morgan fingerprint density at radius 1 is 0.828 bits per heavy atom. The van der Waals surface area contributed by atoms with Crippen LogP contribution in [0.2, 0.25) is 0 Å². The van der Waals surface area contributed by atoms with E-state index in [0.29, 0.717) is 19.4 Å². The first-order chi connectivity index (χ1) is 13.6. The number of urea groups is 1. The minimum Gasteiger partial charge on any atom is -0.323 e. The van der Waals surface area contributed by atoms with E-state index in [1.807, 2.05) is 27.7 Å². The number of unbranched alkanes of at least 4 members (excludes halogenated alkanes) is 9. The summed E-state index contributed by atoms with van der Waals surface area (Å²) in [6.45, 7) is 10.4. The second kappa shape index (κ2) is 9.78. The van der Waals surface area contributed by atoms with E-state index in [0.717, 1.165) is 12.8 Å². The van der Waals surface area contributed by atoms with E-state index < -0.39 is 16.6 Å². The van der Waals surface area contributed by atoms with E-state index >= 15 is 0 Å². The third kappa shape index (κ3) is 5.72. The van der Waals surface area contributed by atoms with Crippen molar-refractivity contribution in [3.63, 3.8) is 0 Å². The van der Waals surface area contributed by atoms with Crippen molar-refractivity contribution in [2.75, 3.05) is 6.54 Å². The molecule has 6 heteroatoms. The van der Waals surface area contributed by atoms with Crippen molar-refractivity contribution in [1.29, 1.82) is 0 Å². The number of nitrogens with zero attached hydrogens (tertiary/aromatic N) is 2. The molecule has 29 heavy (non-hydrogen) atoms. The number of rotatable bonds is 11. The van der Waals surface area contributed by atoms with Crippen molar-refractivity contribution in [2.45, 2.75) is 128 Å². The minimum absolute atomic E-state index is 0.118. The van der Waals surface area contributed by atoms with Crippen LogP contribution in [0, 0.1) is 0 Å². The molecule has 6 nitrogen and oxygen atoms in total. The molecule has 0 bridgehead atoms. The lowest BCUT2D eigenvalue weighted by Gasteiger charge is -2.54.